The standard InChI is InChI=1S/C21H27NO4S/c1-4-8-15-12-13-17-19(14-15)26-21-16(9-5-2)10-7-11-18(21)22(17)20(6-3)27(23,24)25/h7,10-14,20H,4-6,8-9H2,1-3H3,(H,23,24,25). The first-order valence-electron chi connectivity index (χ1n) is 9.58. The van der Waals surface area contributed by atoms with Crippen molar-refractivity contribution in [2.75, 3.05) is 4.90 Å². The Kier molecular flexibility index (Phi) is 5.77. The highest BCUT2D eigenvalue weighted by molar-refractivity contribution is 7.86. The Labute approximate surface area is 161 Å². The molecule has 2 aromatic carbocycles. The highest BCUT2D eigenvalue weighted by Gasteiger charge is 2.36. The van der Waals surface area contributed by atoms with Gasteiger partial charge in [0, 0.05) is 0 Å². The average molecular weight is 390 g/mol. The molecule has 0 radical (unpaired) electrons. The van der Waals surface area contributed by atoms with Gasteiger partial charge in [0.15, 0.2) is 16.9 Å². The summed E-state index contributed by atoms with van der Waals surface area (Å²) in [7, 11) is -4.28. The number of para-hydroxylation sites is 1. The highest BCUT2D eigenvalue weighted by Crippen LogP contribution is 2.50. The molecular formula is C21H27NO4S. The smallest absolute Gasteiger partial charge is 0.286 e. The Balaban J connectivity index is 2.22. The van der Waals surface area contributed by atoms with Crippen molar-refractivity contribution in [3.63, 3.8) is 0 Å². The molecule has 1 aliphatic heterocycles. The van der Waals surface area contributed by atoms with Crippen molar-refractivity contribution in [3.8, 4) is 11.5 Å². The van der Waals surface area contributed by atoms with E-state index in [1.54, 1.807) is 11.8 Å². The molecule has 1 N–H and O–H groups in total. The van der Waals surface area contributed by atoms with Crippen LogP contribution in [0.2, 0.25) is 0 Å². The molecule has 0 fully saturated rings. The Morgan fingerprint density at radius 3 is 2.41 bits per heavy atom. The molecule has 146 valence electrons. The van der Waals surface area contributed by atoms with E-state index in [-0.39, 0.29) is 6.42 Å². The third kappa shape index (κ3) is 3.82. The van der Waals surface area contributed by atoms with Crippen LogP contribution in [0.1, 0.15) is 51.2 Å². The van der Waals surface area contributed by atoms with Crippen LogP contribution >= 0.6 is 0 Å². The molecule has 0 amide bonds. The SMILES string of the molecule is CCCc1ccc2c(c1)Oc1c(CCC)cccc1N2C(CC)S(=O)(=O)O. The maximum Gasteiger partial charge on any atom is 0.286 e. The number of anilines is 2. The van der Waals surface area contributed by atoms with Gasteiger partial charge in [0.05, 0.1) is 11.4 Å². The molecule has 0 saturated carbocycles. The molecule has 5 nitrogen and oxygen atoms in total. The van der Waals surface area contributed by atoms with Crippen molar-refractivity contribution >= 4 is 21.5 Å². The molecule has 1 atom stereocenters. The Morgan fingerprint density at radius 1 is 1.04 bits per heavy atom. The lowest BCUT2D eigenvalue weighted by Gasteiger charge is -2.37. The molecule has 0 aromatic heterocycles. The van der Waals surface area contributed by atoms with Crippen LogP contribution in [0.3, 0.4) is 0 Å². The molecule has 1 aliphatic rings. The first-order valence-corrected chi connectivity index (χ1v) is 11.1. The van der Waals surface area contributed by atoms with E-state index < -0.39 is 15.5 Å². The summed E-state index contributed by atoms with van der Waals surface area (Å²) in [5.74, 6) is 1.32. The molecule has 0 spiro atoms. The fourth-order valence-corrected chi connectivity index (χ4v) is 4.62. The molecule has 2 aromatic rings. The second-order valence-corrected chi connectivity index (χ2v) is 8.49. The van der Waals surface area contributed by atoms with Crippen molar-refractivity contribution in [1.29, 1.82) is 0 Å². The van der Waals surface area contributed by atoms with Gasteiger partial charge in [0.25, 0.3) is 10.1 Å². The Bertz CT molecular complexity index is 924. The number of rotatable bonds is 7. The molecule has 0 aliphatic carbocycles. The lowest BCUT2D eigenvalue weighted by Crippen LogP contribution is -2.39. The van der Waals surface area contributed by atoms with E-state index in [1.165, 1.54) is 0 Å². The fraction of sp³-hybridized carbons (Fsp3) is 0.429. The van der Waals surface area contributed by atoms with Gasteiger partial charge in [-0.1, -0.05) is 51.8 Å². The zero-order valence-electron chi connectivity index (χ0n) is 16.1. The normalized spacial score (nSPS) is 14.3. The third-order valence-electron chi connectivity index (χ3n) is 4.87. The molecule has 3 rings (SSSR count). The molecule has 0 saturated heterocycles. The zero-order valence-corrected chi connectivity index (χ0v) is 16.9. The van der Waals surface area contributed by atoms with Crippen molar-refractivity contribution in [3.05, 3.63) is 47.5 Å². The largest absolute Gasteiger partial charge is 0.453 e. The van der Waals surface area contributed by atoms with E-state index in [1.807, 2.05) is 36.4 Å². The fourth-order valence-electron chi connectivity index (χ4n) is 3.70. The van der Waals surface area contributed by atoms with Gasteiger partial charge in [-0.2, -0.15) is 8.42 Å². The first kappa shape index (κ1) is 19.7. The van der Waals surface area contributed by atoms with Crippen molar-refractivity contribution in [2.24, 2.45) is 0 Å². The molecule has 27 heavy (non-hydrogen) atoms. The van der Waals surface area contributed by atoms with Gasteiger partial charge >= 0.3 is 0 Å². The predicted octanol–water partition coefficient (Wildman–Crippen LogP) is 5.46. The monoisotopic (exact) mass is 389 g/mol. The van der Waals surface area contributed by atoms with Crippen LogP contribution in [0, 0.1) is 0 Å². The van der Waals surface area contributed by atoms with E-state index in [0.717, 1.165) is 36.8 Å². The number of hydrogen-bond acceptors (Lipinski definition) is 4. The minimum absolute atomic E-state index is 0.256. The van der Waals surface area contributed by atoms with Crippen LogP contribution in [-0.2, 0) is 23.0 Å². The number of nitrogens with zero attached hydrogens (tertiary/aromatic N) is 1. The maximum absolute atomic E-state index is 12.1. The van der Waals surface area contributed by atoms with E-state index in [4.69, 9.17) is 4.74 Å². The minimum Gasteiger partial charge on any atom is -0.453 e. The van der Waals surface area contributed by atoms with Crippen LogP contribution in [0.25, 0.3) is 0 Å². The van der Waals surface area contributed by atoms with E-state index in [0.29, 0.717) is 22.9 Å². The quantitative estimate of drug-likeness (QED) is 0.637. The van der Waals surface area contributed by atoms with Crippen LogP contribution in [0.5, 0.6) is 11.5 Å². The second-order valence-electron chi connectivity index (χ2n) is 6.92. The molecular weight excluding hydrogens is 362 g/mol. The van der Waals surface area contributed by atoms with Crippen molar-refractivity contribution in [2.45, 2.75) is 58.2 Å². The van der Waals surface area contributed by atoms with Crippen LogP contribution < -0.4 is 9.64 Å². The van der Waals surface area contributed by atoms with Gasteiger partial charge in [-0.15, -0.1) is 0 Å². The van der Waals surface area contributed by atoms with E-state index in [2.05, 4.69) is 13.8 Å². The van der Waals surface area contributed by atoms with Gasteiger partial charge in [0.1, 0.15) is 0 Å². The number of aryl methyl sites for hydroxylation is 2. The van der Waals surface area contributed by atoms with Gasteiger partial charge in [-0.05, 0) is 48.6 Å². The van der Waals surface area contributed by atoms with Crippen molar-refractivity contribution < 1.29 is 17.7 Å². The van der Waals surface area contributed by atoms with Crippen LogP contribution in [-0.4, -0.2) is 18.3 Å². The van der Waals surface area contributed by atoms with Gasteiger partial charge in [-0.25, -0.2) is 0 Å². The molecule has 0 bridgehead atoms. The zero-order chi connectivity index (χ0) is 19.6. The van der Waals surface area contributed by atoms with E-state index >= 15 is 0 Å². The van der Waals surface area contributed by atoms with Crippen LogP contribution in [0.4, 0.5) is 11.4 Å². The number of benzene rings is 2. The number of ether oxygens (including phenoxy) is 1. The number of hydrogen-bond donors (Lipinski definition) is 1. The predicted molar refractivity (Wildman–Crippen MR) is 109 cm³/mol. The average Bonchev–Trinajstić information content (AvgIpc) is 2.61. The summed E-state index contributed by atoms with van der Waals surface area (Å²) in [6.07, 6.45) is 3.99. The minimum atomic E-state index is -4.28. The third-order valence-corrected chi connectivity index (χ3v) is 6.10. The summed E-state index contributed by atoms with van der Waals surface area (Å²) in [6, 6.07) is 11.6. The summed E-state index contributed by atoms with van der Waals surface area (Å²) in [5.41, 5.74) is 3.53. The first-order chi connectivity index (χ1) is 12.9. The molecule has 1 unspecified atom stereocenters. The van der Waals surface area contributed by atoms with Crippen LogP contribution in [0.15, 0.2) is 36.4 Å². The summed E-state index contributed by atoms with van der Waals surface area (Å²) in [4.78, 5) is 1.71. The summed E-state index contributed by atoms with van der Waals surface area (Å²) < 4.78 is 40.4. The number of fused-ring (bicyclic) bond motifs is 2. The topological polar surface area (TPSA) is 66.8 Å². The van der Waals surface area contributed by atoms with Gasteiger partial charge in [0.2, 0.25) is 0 Å². The van der Waals surface area contributed by atoms with E-state index in [9.17, 15) is 13.0 Å². The lowest BCUT2D eigenvalue weighted by atomic mass is 10.0. The maximum atomic E-state index is 12.1. The molecule has 6 heteroatoms. The van der Waals surface area contributed by atoms with Crippen molar-refractivity contribution in [1.82, 2.24) is 0 Å². The summed E-state index contributed by atoms with van der Waals surface area (Å²) >= 11 is 0. The van der Waals surface area contributed by atoms with Gasteiger partial charge < -0.3 is 9.64 Å². The Morgan fingerprint density at radius 2 is 1.78 bits per heavy atom. The summed E-state index contributed by atoms with van der Waals surface area (Å²) in [5, 5.41) is -1.06. The second kappa shape index (κ2) is 7.90. The summed E-state index contributed by atoms with van der Waals surface area (Å²) in [6.45, 7) is 5.97. The van der Waals surface area contributed by atoms with Gasteiger partial charge in [-0.3, -0.25) is 4.55 Å². The molecule has 1 heterocycles. The lowest BCUT2D eigenvalue weighted by molar-refractivity contribution is 0.448. The Hall–Kier alpha value is -2.05. The highest BCUT2D eigenvalue weighted by atomic mass is 32.2.